The van der Waals surface area contributed by atoms with Crippen LogP contribution in [0, 0.1) is 5.41 Å². The van der Waals surface area contributed by atoms with Gasteiger partial charge >= 0.3 is 0 Å². The zero-order chi connectivity index (χ0) is 17.0. The molecule has 1 aliphatic rings. The molecule has 0 saturated heterocycles. The van der Waals surface area contributed by atoms with E-state index in [9.17, 15) is 9.59 Å². The minimum Gasteiger partial charge on any atom is -0.355 e. The summed E-state index contributed by atoms with van der Waals surface area (Å²) >= 11 is 3.37. The lowest BCUT2D eigenvalue weighted by Crippen LogP contribution is -2.40. The molecule has 5 heteroatoms. The van der Waals surface area contributed by atoms with E-state index in [1.807, 2.05) is 54.6 Å². The summed E-state index contributed by atoms with van der Waals surface area (Å²) in [6, 6.07) is 17.3. The molecule has 124 valence electrons. The number of halogens is 1. The number of amides is 2. The van der Waals surface area contributed by atoms with Crippen LogP contribution in [-0.4, -0.2) is 18.4 Å². The van der Waals surface area contributed by atoms with Crippen molar-refractivity contribution in [2.45, 2.75) is 19.3 Å². The van der Waals surface area contributed by atoms with Crippen molar-refractivity contribution in [3.63, 3.8) is 0 Å². The van der Waals surface area contributed by atoms with Gasteiger partial charge in [0.1, 0.15) is 5.41 Å². The van der Waals surface area contributed by atoms with E-state index in [2.05, 4.69) is 26.6 Å². The van der Waals surface area contributed by atoms with Crippen molar-refractivity contribution in [2.24, 2.45) is 5.41 Å². The van der Waals surface area contributed by atoms with Crippen LogP contribution in [0.3, 0.4) is 0 Å². The van der Waals surface area contributed by atoms with Crippen LogP contribution in [-0.2, 0) is 16.0 Å². The van der Waals surface area contributed by atoms with Gasteiger partial charge in [-0.15, -0.1) is 0 Å². The second-order valence-corrected chi connectivity index (χ2v) is 6.95. The number of rotatable bonds is 6. The lowest BCUT2D eigenvalue weighted by molar-refractivity contribution is -0.134. The lowest BCUT2D eigenvalue weighted by atomic mass is 10.0. The van der Waals surface area contributed by atoms with Gasteiger partial charge in [-0.3, -0.25) is 9.59 Å². The van der Waals surface area contributed by atoms with Gasteiger partial charge in [0, 0.05) is 16.7 Å². The third kappa shape index (κ3) is 3.85. The van der Waals surface area contributed by atoms with Gasteiger partial charge in [0.2, 0.25) is 11.8 Å². The van der Waals surface area contributed by atoms with Crippen molar-refractivity contribution in [3.8, 4) is 0 Å². The molecule has 1 aliphatic carbocycles. The number of hydrogen-bond acceptors (Lipinski definition) is 2. The monoisotopic (exact) mass is 386 g/mol. The number of anilines is 1. The topological polar surface area (TPSA) is 58.2 Å². The van der Waals surface area contributed by atoms with Crippen molar-refractivity contribution < 1.29 is 9.59 Å². The molecule has 0 aromatic heterocycles. The number of carbonyl (C=O) groups excluding carboxylic acids is 2. The van der Waals surface area contributed by atoms with E-state index in [0.717, 1.165) is 10.9 Å². The Labute approximate surface area is 149 Å². The molecular weight excluding hydrogens is 368 g/mol. The summed E-state index contributed by atoms with van der Waals surface area (Å²) in [5, 5.41) is 5.75. The summed E-state index contributed by atoms with van der Waals surface area (Å²) in [5.74, 6) is -0.399. The second-order valence-electron chi connectivity index (χ2n) is 6.04. The van der Waals surface area contributed by atoms with E-state index in [-0.39, 0.29) is 11.8 Å². The Balaban J connectivity index is 1.54. The predicted octanol–water partition coefficient (Wildman–Crippen LogP) is 3.53. The van der Waals surface area contributed by atoms with E-state index in [4.69, 9.17) is 0 Å². The fourth-order valence-electron chi connectivity index (χ4n) is 2.63. The van der Waals surface area contributed by atoms with Crippen LogP contribution in [0.25, 0.3) is 0 Å². The van der Waals surface area contributed by atoms with E-state index >= 15 is 0 Å². The molecule has 0 radical (unpaired) electrons. The number of carbonyl (C=O) groups is 2. The molecule has 0 spiro atoms. The van der Waals surface area contributed by atoms with E-state index < -0.39 is 5.41 Å². The van der Waals surface area contributed by atoms with Gasteiger partial charge in [-0.1, -0.05) is 52.3 Å². The molecule has 2 N–H and O–H groups in total. The summed E-state index contributed by atoms with van der Waals surface area (Å²) < 4.78 is 0.887. The molecule has 2 aromatic carbocycles. The minimum atomic E-state index is -0.904. The van der Waals surface area contributed by atoms with Crippen LogP contribution in [0.5, 0.6) is 0 Å². The van der Waals surface area contributed by atoms with E-state index in [0.29, 0.717) is 25.1 Å². The number of nitrogens with one attached hydrogen (secondary N) is 2. The largest absolute Gasteiger partial charge is 0.355 e. The van der Waals surface area contributed by atoms with Crippen LogP contribution in [0.2, 0.25) is 0 Å². The zero-order valence-corrected chi connectivity index (χ0v) is 14.8. The smallest absolute Gasteiger partial charge is 0.240 e. The van der Waals surface area contributed by atoms with Gasteiger partial charge in [0.05, 0.1) is 0 Å². The third-order valence-corrected chi connectivity index (χ3v) is 4.74. The first-order valence-electron chi connectivity index (χ1n) is 7.99. The molecule has 24 heavy (non-hydrogen) atoms. The average molecular weight is 387 g/mol. The molecule has 0 unspecified atom stereocenters. The minimum absolute atomic E-state index is 0.175. The number of hydrogen-bond donors (Lipinski definition) is 2. The standard InChI is InChI=1S/C19H19BrN2O2/c20-15-7-4-8-16(13-15)22-18(24)19(10-11-19)17(23)21-12-9-14-5-2-1-3-6-14/h1-8,13H,9-12H2,(H,21,23)(H,22,24). The highest BCUT2D eigenvalue weighted by Gasteiger charge is 2.56. The molecule has 3 rings (SSSR count). The Kier molecular flexibility index (Phi) is 5.00. The molecule has 2 amide bonds. The van der Waals surface area contributed by atoms with Crippen molar-refractivity contribution in [1.29, 1.82) is 0 Å². The molecule has 0 bridgehead atoms. The zero-order valence-electron chi connectivity index (χ0n) is 13.2. The Morgan fingerprint density at radius 2 is 1.75 bits per heavy atom. The molecular formula is C19H19BrN2O2. The van der Waals surface area contributed by atoms with Crippen molar-refractivity contribution in [3.05, 3.63) is 64.6 Å². The molecule has 4 nitrogen and oxygen atoms in total. The first-order chi connectivity index (χ1) is 11.6. The summed E-state index contributed by atoms with van der Waals surface area (Å²) in [6.45, 7) is 0.536. The molecule has 0 aliphatic heterocycles. The lowest BCUT2D eigenvalue weighted by Gasteiger charge is -2.15. The van der Waals surface area contributed by atoms with Gasteiger partial charge in [0.25, 0.3) is 0 Å². The Morgan fingerprint density at radius 3 is 2.42 bits per heavy atom. The van der Waals surface area contributed by atoms with Gasteiger partial charge in [-0.05, 0) is 43.0 Å². The predicted molar refractivity (Wildman–Crippen MR) is 97.6 cm³/mol. The van der Waals surface area contributed by atoms with Gasteiger partial charge < -0.3 is 10.6 Å². The first-order valence-corrected chi connectivity index (χ1v) is 8.79. The highest BCUT2D eigenvalue weighted by atomic mass is 79.9. The summed E-state index contributed by atoms with van der Waals surface area (Å²) in [4.78, 5) is 24.9. The SMILES string of the molecule is O=C(NCCc1ccccc1)C1(C(=O)Nc2cccc(Br)c2)CC1. The van der Waals surface area contributed by atoms with E-state index in [1.165, 1.54) is 5.56 Å². The maximum absolute atomic E-state index is 12.5. The van der Waals surface area contributed by atoms with E-state index in [1.54, 1.807) is 0 Å². The van der Waals surface area contributed by atoms with Gasteiger partial charge in [-0.25, -0.2) is 0 Å². The maximum Gasteiger partial charge on any atom is 0.240 e. The van der Waals surface area contributed by atoms with Crippen LogP contribution >= 0.6 is 15.9 Å². The fraction of sp³-hybridized carbons (Fsp3) is 0.263. The average Bonchev–Trinajstić information content (AvgIpc) is 3.38. The molecule has 1 fully saturated rings. The van der Waals surface area contributed by atoms with Crippen molar-refractivity contribution in [1.82, 2.24) is 5.32 Å². The molecule has 2 aromatic rings. The number of benzene rings is 2. The normalized spacial score (nSPS) is 14.7. The first kappa shape index (κ1) is 16.7. The Morgan fingerprint density at radius 1 is 1.00 bits per heavy atom. The maximum atomic E-state index is 12.5. The molecule has 1 saturated carbocycles. The quantitative estimate of drug-likeness (QED) is 0.746. The third-order valence-electron chi connectivity index (χ3n) is 4.24. The van der Waals surface area contributed by atoms with Crippen LogP contribution in [0.1, 0.15) is 18.4 Å². The Hall–Kier alpha value is -2.14. The Bertz CT molecular complexity index is 742. The summed E-state index contributed by atoms with van der Waals surface area (Å²) in [7, 11) is 0. The summed E-state index contributed by atoms with van der Waals surface area (Å²) in [5.41, 5.74) is 0.956. The highest BCUT2D eigenvalue weighted by Crippen LogP contribution is 2.46. The van der Waals surface area contributed by atoms with Crippen LogP contribution in [0.15, 0.2) is 59.1 Å². The highest BCUT2D eigenvalue weighted by molar-refractivity contribution is 9.10. The van der Waals surface area contributed by atoms with Crippen LogP contribution in [0.4, 0.5) is 5.69 Å². The van der Waals surface area contributed by atoms with Crippen LogP contribution < -0.4 is 10.6 Å². The molecule has 0 heterocycles. The van der Waals surface area contributed by atoms with Gasteiger partial charge in [0.15, 0.2) is 0 Å². The van der Waals surface area contributed by atoms with Crippen molar-refractivity contribution in [2.75, 3.05) is 11.9 Å². The fourth-order valence-corrected chi connectivity index (χ4v) is 3.03. The van der Waals surface area contributed by atoms with Crippen molar-refractivity contribution >= 4 is 33.4 Å². The summed E-state index contributed by atoms with van der Waals surface area (Å²) in [6.07, 6.45) is 1.96. The molecule has 0 atom stereocenters. The second kappa shape index (κ2) is 7.18. The van der Waals surface area contributed by atoms with Gasteiger partial charge in [-0.2, -0.15) is 0 Å².